The van der Waals surface area contributed by atoms with Crippen molar-refractivity contribution in [3.05, 3.63) is 29.8 Å². The maximum absolute atomic E-state index is 11.0. The molecule has 3 heteroatoms. The summed E-state index contributed by atoms with van der Waals surface area (Å²) in [5.74, 6) is 0. The molecule has 0 spiro atoms. The second-order valence-corrected chi connectivity index (χ2v) is 6.21. The van der Waals surface area contributed by atoms with E-state index in [9.17, 15) is 5.11 Å². The third kappa shape index (κ3) is 1.57. The molecule has 3 aliphatic heterocycles. The van der Waals surface area contributed by atoms with Gasteiger partial charge >= 0.3 is 0 Å². The second-order valence-electron chi connectivity index (χ2n) is 6.21. The highest BCUT2D eigenvalue weighted by atomic mass is 16.3. The van der Waals surface area contributed by atoms with Crippen LogP contribution in [0.2, 0.25) is 0 Å². The number of hydrogen-bond acceptors (Lipinski definition) is 3. The number of fused-ring (bicyclic) bond motifs is 3. The normalized spacial score (nSPS) is 41.5. The fraction of sp³-hybridized carbons (Fsp3) is 0.600. The van der Waals surface area contributed by atoms with Crippen LogP contribution < -0.4 is 10.6 Å². The van der Waals surface area contributed by atoms with Gasteiger partial charge in [0.2, 0.25) is 0 Å². The zero-order chi connectivity index (χ0) is 12.2. The van der Waals surface area contributed by atoms with E-state index in [1.54, 1.807) is 0 Å². The van der Waals surface area contributed by atoms with Crippen molar-refractivity contribution < 1.29 is 5.11 Å². The Hall–Kier alpha value is -1.06. The van der Waals surface area contributed by atoms with Crippen LogP contribution in [0.15, 0.2) is 24.3 Å². The summed E-state index contributed by atoms with van der Waals surface area (Å²) in [6.45, 7) is 0. The lowest BCUT2D eigenvalue weighted by Crippen LogP contribution is -2.56. The molecule has 1 aromatic carbocycles. The molecule has 3 N–H and O–H groups in total. The molecular weight excluding hydrogens is 224 g/mol. The number of aliphatic hydroxyl groups is 1. The van der Waals surface area contributed by atoms with Crippen molar-refractivity contribution in [1.29, 1.82) is 0 Å². The van der Waals surface area contributed by atoms with E-state index in [1.807, 2.05) is 0 Å². The van der Waals surface area contributed by atoms with E-state index in [4.69, 9.17) is 0 Å². The maximum Gasteiger partial charge on any atom is 0.0880 e. The standard InChI is InChI=1S/C15H20N2O/c18-15(8-11-5-6-12(9-15)16-11)14-7-10-3-1-2-4-13(10)17-14/h1-4,11-12,14,16-18H,5-9H2. The summed E-state index contributed by atoms with van der Waals surface area (Å²) in [4.78, 5) is 0. The van der Waals surface area contributed by atoms with E-state index in [1.165, 1.54) is 24.1 Å². The Morgan fingerprint density at radius 2 is 1.83 bits per heavy atom. The number of anilines is 1. The van der Waals surface area contributed by atoms with Gasteiger partial charge in [-0.3, -0.25) is 0 Å². The molecule has 3 atom stereocenters. The van der Waals surface area contributed by atoms with Crippen LogP contribution in [0.1, 0.15) is 31.2 Å². The molecule has 3 unspecified atom stereocenters. The van der Waals surface area contributed by atoms with E-state index in [0.717, 1.165) is 19.3 Å². The first-order chi connectivity index (χ1) is 8.73. The third-order valence-electron chi connectivity index (χ3n) is 4.95. The highest BCUT2D eigenvalue weighted by Crippen LogP contribution is 2.40. The lowest BCUT2D eigenvalue weighted by Gasteiger charge is -2.41. The Morgan fingerprint density at radius 1 is 1.11 bits per heavy atom. The fourth-order valence-corrected chi connectivity index (χ4v) is 4.07. The molecular formula is C15H20N2O. The van der Waals surface area contributed by atoms with Gasteiger partial charge < -0.3 is 15.7 Å². The number of rotatable bonds is 1. The van der Waals surface area contributed by atoms with Gasteiger partial charge in [0.05, 0.1) is 11.6 Å². The summed E-state index contributed by atoms with van der Waals surface area (Å²) in [6, 6.07) is 9.68. The number of piperidine rings is 1. The fourth-order valence-electron chi connectivity index (χ4n) is 4.07. The summed E-state index contributed by atoms with van der Waals surface area (Å²) in [5, 5.41) is 18.2. The van der Waals surface area contributed by atoms with Crippen LogP contribution in [0.5, 0.6) is 0 Å². The van der Waals surface area contributed by atoms with Crippen LogP contribution in [0.3, 0.4) is 0 Å². The Morgan fingerprint density at radius 3 is 2.56 bits per heavy atom. The van der Waals surface area contributed by atoms with Gasteiger partial charge in [0.15, 0.2) is 0 Å². The molecule has 0 amide bonds. The van der Waals surface area contributed by atoms with Crippen LogP contribution in [-0.2, 0) is 6.42 Å². The molecule has 0 saturated carbocycles. The third-order valence-corrected chi connectivity index (χ3v) is 4.95. The average molecular weight is 244 g/mol. The van der Waals surface area contributed by atoms with Crippen molar-refractivity contribution >= 4 is 5.69 Å². The Balaban J connectivity index is 1.58. The van der Waals surface area contributed by atoms with Gasteiger partial charge in [0.1, 0.15) is 0 Å². The summed E-state index contributed by atoms with van der Waals surface area (Å²) in [6.07, 6.45) is 5.22. The molecule has 2 bridgehead atoms. The molecule has 0 aliphatic carbocycles. The first-order valence-electron chi connectivity index (χ1n) is 7.06. The van der Waals surface area contributed by atoms with E-state index in [0.29, 0.717) is 12.1 Å². The average Bonchev–Trinajstić information content (AvgIpc) is 2.93. The van der Waals surface area contributed by atoms with Crippen LogP contribution >= 0.6 is 0 Å². The van der Waals surface area contributed by atoms with Crippen molar-refractivity contribution in [2.45, 2.75) is 55.8 Å². The molecule has 2 fully saturated rings. The zero-order valence-electron chi connectivity index (χ0n) is 10.5. The van der Waals surface area contributed by atoms with Crippen LogP contribution in [0, 0.1) is 0 Å². The molecule has 1 aromatic rings. The van der Waals surface area contributed by atoms with Crippen molar-refractivity contribution in [3.8, 4) is 0 Å². The predicted molar refractivity (Wildman–Crippen MR) is 71.7 cm³/mol. The monoisotopic (exact) mass is 244 g/mol. The largest absolute Gasteiger partial charge is 0.388 e. The first kappa shape index (κ1) is 10.8. The van der Waals surface area contributed by atoms with Gasteiger partial charge in [-0.05, 0) is 43.7 Å². The van der Waals surface area contributed by atoms with Gasteiger partial charge in [-0.1, -0.05) is 18.2 Å². The summed E-state index contributed by atoms with van der Waals surface area (Å²) < 4.78 is 0. The van der Waals surface area contributed by atoms with E-state index in [-0.39, 0.29) is 6.04 Å². The van der Waals surface area contributed by atoms with Crippen LogP contribution in [0.25, 0.3) is 0 Å². The van der Waals surface area contributed by atoms with E-state index < -0.39 is 5.60 Å². The second kappa shape index (κ2) is 3.72. The van der Waals surface area contributed by atoms with Gasteiger partial charge in [0.25, 0.3) is 0 Å². The van der Waals surface area contributed by atoms with Crippen molar-refractivity contribution in [2.24, 2.45) is 0 Å². The van der Waals surface area contributed by atoms with Crippen molar-refractivity contribution in [1.82, 2.24) is 5.32 Å². The van der Waals surface area contributed by atoms with Crippen LogP contribution in [-0.4, -0.2) is 28.8 Å². The van der Waals surface area contributed by atoms with Crippen molar-refractivity contribution in [2.75, 3.05) is 5.32 Å². The number of hydrogen-bond donors (Lipinski definition) is 3. The summed E-state index contributed by atoms with van der Waals surface area (Å²) in [7, 11) is 0. The molecule has 4 rings (SSSR count). The van der Waals surface area contributed by atoms with Gasteiger partial charge in [-0.25, -0.2) is 0 Å². The van der Waals surface area contributed by atoms with Gasteiger partial charge in [-0.2, -0.15) is 0 Å². The topological polar surface area (TPSA) is 44.3 Å². The molecule has 3 nitrogen and oxygen atoms in total. The lowest BCUT2D eigenvalue weighted by molar-refractivity contribution is -0.0214. The molecule has 3 aliphatic rings. The minimum Gasteiger partial charge on any atom is -0.388 e. The highest BCUT2D eigenvalue weighted by Gasteiger charge is 2.48. The molecule has 3 heterocycles. The lowest BCUT2D eigenvalue weighted by atomic mass is 9.80. The van der Waals surface area contributed by atoms with Gasteiger partial charge in [-0.15, -0.1) is 0 Å². The first-order valence-corrected chi connectivity index (χ1v) is 7.06. The summed E-state index contributed by atoms with van der Waals surface area (Å²) >= 11 is 0. The maximum atomic E-state index is 11.0. The minimum atomic E-state index is -0.532. The molecule has 0 radical (unpaired) electrons. The Labute approximate surface area is 108 Å². The molecule has 0 aromatic heterocycles. The van der Waals surface area contributed by atoms with E-state index >= 15 is 0 Å². The van der Waals surface area contributed by atoms with Crippen molar-refractivity contribution in [3.63, 3.8) is 0 Å². The smallest absolute Gasteiger partial charge is 0.0880 e. The molecule has 18 heavy (non-hydrogen) atoms. The zero-order valence-corrected chi connectivity index (χ0v) is 10.5. The Bertz CT molecular complexity index is 436. The Kier molecular flexibility index (Phi) is 2.24. The molecule has 96 valence electrons. The van der Waals surface area contributed by atoms with Gasteiger partial charge in [0, 0.05) is 17.8 Å². The molecule has 2 saturated heterocycles. The number of para-hydroxylation sites is 1. The number of benzene rings is 1. The minimum absolute atomic E-state index is 0.195. The number of nitrogens with one attached hydrogen (secondary N) is 2. The predicted octanol–water partition coefficient (Wildman–Crippen LogP) is 1.67. The van der Waals surface area contributed by atoms with Crippen LogP contribution in [0.4, 0.5) is 5.69 Å². The SMILES string of the molecule is OC1(C2Cc3ccccc3N2)CC2CCC(C1)N2. The highest BCUT2D eigenvalue weighted by molar-refractivity contribution is 5.57. The van der Waals surface area contributed by atoms with E-state index in [2.05, 4.69) is 34.9 Å². The summed E-state index contributed by atoms with van der Waals surface area (Å²) in [5.41, 5.74) is 2.03. The quantitative estimate of drug-likeness (QED) is 0.704.